The van der Waals surface area contributed by atoms with Crippen molar-refractivity contribution in [2.75, 3.05) is 11.4 Å². The first-order valence-corrected chi connectivity index (χ1v) is 10.3. The van der Waals surface area contributed by atoms with Gasteiger partial charge in [0.15, 0.2) is 0 Å². The molecular weight excluding hydrogens is 406 g/mol. The molecule has 0 bridgehead atoms. The summed E-state index contributed by atoms with van der Waals surface area (Å²) >= 11 is 0. The fourth-order valence-corrected chi connectivity index (χ4v) is 3.71. The zero-order chi connectivity index (χ0) is 22.5. The van der Waals surface area contributed by atoms with E-state index >= 15 is 0 Å². The average Bonchev–Trinajstić information content (AvgIpc) is 3.09. The largest absolute Gasteiger partial charge is 0.387 e. The second kappa shape index (κ2) is 9.45. The Morgan fingerprint density at radius 2 is 1.50 bits per heavy atom. The SMILES string of the molecule is O=C(NCC(O)c1ccccc1)C(=O)NC1C(=O)N(Cc2ccccc2)c2ccccc21. The molecule has 3 aromatic carbocycles. The van der Waals surface area contributed by atoms with Gasteiger partial charge in [-0.2, -0.15) is 0 Å². The molecule has 1 heterocycles. The van der Waals surface area contributed by atoms with Crippen molar-refractivity contribution in [3.63, 3.8) is 0 Å². The molecule has 7 heteroatoms. The van der Waals surface area contributed by atoms with Gasteiger partial charge in [-0.25, -0.2) is 0 Å². The van der Waals surface area contributed by atoms with E-state index in [1.54, 1.807) is 41.3 Å². The topological polar surface area (TPSA) is 98.7 Å². The van der Waals surface area contributed by atoms with Crippen LogP contribution in [0.2, 0.25) is 0 Å². The maximum atomic E-state index is 13.1. The van der Waals surface area contributed by atoms with Crippen molar-refractivity contribution in [2.45, 2.75) is 18.7 Å². The van der Waals surface area contributed by atoms with Crippen molar-refractivity contribution < 1.29 is 19.5 Å². The van der Waals surface area contributed by atoms with Gasteiger partial charge in [0.25, 0.3) is 5.91 Å². The van der Waals surface area contributed by atoms with E-state index in [0.717, 1.165) is 5.56 Å². The Hall–Kier alpha value is -3.97. The molecule has 162 valence electrons. The van der Waals surface area contributed by atoms with Crippen LogP contribution in [-0.4, -0.2) is 29.4 Å². The van der Waals surface area contributed by atoms with Crippen molar-refractivity contribution >= 4 is 23.4 Å². The summed E-state index contributed by atoms with van der Waals surface area (Å²) in [6, 6.07) is 24.6. The summed E-state index contributed by atoms with van der Waals surface area (Å²) in [7, 11) is 0. The zero-order valence-corrected chi connectivity index (χ0v) is 17.3. The van der Waals surface area contributed by atoms with Crippen LogP contribution in [0.5, 0.6) is 0 Å². The number of aliphatic hydroxyl groups excluding tert-OH is 1. The van der Waals surface area contributed by atoms with Crippen LogP contribution in [0.15, 0.2) is 84.9 Å². The molecule has 7 nitrogen and oxygen atoms in total. The first-order valence-electron chi connectivity index (χ1n) is 10.3. The fourth-order valence-electron chi connectivity index (χ4n) is 3.71. The third-order valence-corrected chi connectivity index (χ3v) is 5.36. The molecule has 0 saturated carbocycles. The summed E-state index contributed by atoms with van der Waals surface area (Å²) < 4.78 is 0. The lowest BCUT2D eigenvalue weighted by Crippen LogP contribution is -2.45. The number of rotatable bonds is 6. The number of carbonyl (C=O) groups excluding carboxylic acids is 3. The number of nitrogens with zero attached hydrogens (tertiary/aromatic N) is 1. The lowest BCUT2D eigenvalue weighted by Gasteiger charge is -2.18. The maximum Gasteiger partial charge on any atom is 0.310 e. The van der Waals surface area contributed by atoms with Crippen LogP contribution in [0.4, 0.5) is 5.69 Å². The summed E-state index contributed by atoms with van der Waals surface area (Å²) in [5.41, 5.74) is 2.92. The van der Waals surface area contributed by atoms with Crippen molar-refractivity contribution in [3.05, 3.63) is 102 Å². The van der Waals surface area contributed by atoms with Gasteiger partial charge in [-0.15, -0.1) is 0 Å². The van der Waals surface area contributed by atoms with Crippen LogP contribution in [0, 0.1) is 0 Å². The predicted octanol–water partition coefficient (Wildman–Crippen LogP) is 2.24. The van der Waals surface area contributed by atoms with E-state index in [9.17, 15) is 19.5 Å². The predicted molar refractivity (Wildman–Crippen MR) is 119 cm³/mol. The second-order valence-corrected chi connectivity index (χ2v) is 7.51. The first kappa shape index (κ1) is 21.3. The van der Waals surface area contributed by atoms with E-state index < -0.39 is 24.0 Å². The van der Waals surface area contributed by atoms with Gasteiger partial charge in [0, 0.05) is 17.8 Å². The molecule has 0 spiro atoms. The Balaban J connectivity index is 1.42. The van der Waals surface area contributed by atoms with E-state index in [-0.39, 0.29) is 12.5 Å². The molecule has 3 aromatic rings. The number of hydrogen-bond donors (Lipinski definition) is 3. The highest BCUT2D eigenvalue weighted by Crippen LogP contribution is 2.36. The fraction of sp³-hybridized carbons (Fsp3) is 0.160. The van der Waals surface area contributed by atoms with Crippen molar-refractivity contribution in [1.29, 1.82) is 0 Å². The van der Waals surface area contributed by atoms with Gasteiger partial charge in [0.05, 0.1) is 12.6 Å². The average molecular weight is 429 g/mol. The Kier molecular flexibility index (Phi) is 6.28. The normalized spacial score (nSPS) is 15.7. The first-order chi connectivity index (χ1) is 15.5. The minimum absolute atomic E-state index is 0.119. The van der Waals surface area contributed by atoms with Gasteiger partial charge >= 0.3 is 11.8 Å². The molecule has 0 fully saturated rings. The summed E-state index contributed by atoms with van der Waals surface area (Å²) in [6.45, 7) is 0.240. The molecule has 0 saturated heterocycles. The van der Waals surface area contributed by atoms with Crippen molar-refractivity contribution in [2.24, 2.45) is 0 Å². The van der Waals surface area contributed by atoms with Crippen molar-refractivity contribution in [1.82, 2.24) is 10.6 Å². The molecule has 1 aliphatic heterocycles. The third-order valence-electron chi connectivity index (χ3n) is 5.36. The number of aliphatic hydroxyl groups is 1. The summed E-state index contributed by atoms with van der Waals surface area (Å²) in [5.74, 6) is -2.15. The highest BCUT2D eigenvalue weighted by molar-refractivity contribution is 6.35. The highest BCUT2D eigenvalue weighted by atomic mass is 16.3. The summed E-state index contributed by atoms with van der Waals surface area (Å²) in [4.78, 5) is 39.5. The Morgan fingerprint density at radius 3 is 2.22 bits per heavy atom. The number of para-hydroxylation sites is 1. The minimum Gasteiger partial charge on any atom is -0.387 e. The van der Waals surface area contributed by atoms with E-state index in [1.165, 1.54) is 0 Å². The number of carbonyl (C=O) groups is 3. The van der Waals surface area contributed by atoms with Gasteiger partial charge in [0.2, 0.25) is 0 Å². The molecule has 3 amide bonds. The van der Waals surface area contributed by atoms with Gasteiger partial charge in [-0.1, -0.05) is 78.9 Å². The minimum atomic E-state index is -0.952. The molecular formula is C25H23N3O4. The molecule has 2 atom stereocenters. The number of nitrogens with one attached hydrogen (secondary N) is 2. The molecule has 1 aliphatic rings. The number of amides is 3. The maximum absolute atomic E-state index is 13.1. The number of anilines is 1. The van der Waals surface area contributed by atoms with E-state index in [4.69, 9.17) is 0 Å². The van der Waals surface area contributed by atoms with Crippen LogP contribution in [0.25, 0.3) is 0 Å². The molecule has 0 radical (unpaired) electrons. The zero-order valence-electron chi connectivity index (χ0n) is 17.3. The van der Waals surface area contributed by atoms with Crippen LogP contribution in [-0.2, 0) is 20.9 Å². The van der Waals surface area contributed by atoms with Gasteiger partial charge in [-0.3, -0.25) is 14.4 Å². The van der Waals surface area contributed by atoms with E-state index in [2.05, 4.69) is 10.6 Å². The van der Waals surface area contributed by atoms with Gasteiger partial charge in [0.1, 0.15) is 6.04 Å². The molecule has 2 unspecified atom stereocenters. The molecule has 3 N–H and O–H groups in total. The van der Waals surface area contributed by atoms with E-state index in [1.807, 2.05) is 48.5 Å². The lowest BCUT2D eigenvalue weighted by molar-refractivity contribution is -0.140. The molecule has 0 aliphatic carbocycles. The van der Waals surface area contributed by atoms with Crippen LogP contribution in [0.1, 0.15) is 28.8 Å². The monoisotopic (exact) mass is 429 g/mol. The molecule has 4 rings (SSSR count). The van der Waals surface area contributed by atoms with E-state index in [0.29, 0.717) is 23.4 Å². The number of benzene rings is 3. The quantitative estimate of drug-likeness (QED) is 0.524. The summed E-state index contributed by atoms with van der Waals surface area (Å²) in [5, 5.41) is 15.1. The standard InChI is InChI=1S/C25H23N3O4/c29-21(18-11-5-2-6-12-18)15-26-23(30)24(31)27-22-19-13-7-8-14-20(19)28(25(22)32)16-17-9-3-1-4-10-17/h1-14,21-22,29H,15-16H2,(H,26,30)(H,27,31). The molecule has 32 heavy (non-hydrogen) atoms. The number of fused-ring (bicyclic) bond motifs is 1. The van der Waals surface area contributed by atoms with Crippen LogP contribution in [0.3, 0.4) is 0 Å². The van der Waals surface area contributed by atoms with Crippen LogP contribution < -0.4 is 15.5 Å². The smallest absolute Gasteiger partial charge is 0.310 e. The van der Waals surface area contributed by atoms with Gasteiger partial charge < -0.3 is 20.6 Å². The highest BCUT2D eigenvalue weighted by Gasteiger charge is 2.38. The Bertz CT molecular complexity index is 1120. The van der Waals surface area contributed by atoms with Crippen LogP contribution >= 0.6 is 0 Å². The third kappa shape index (κ3) is 4.53. The number of hydrogen-bond acceptors (Lipinski definition) is 4. The Labute approximate surface area is 185 Å². The second-order valence-electron chi connectivity index (χ2n) is 7.51. The van der Waals surface area contributed by atoms with Crippen molar-refractivity contribution in [3.8, 4) is 0 Å². The van der Waals surface area contributed by atoms with Gasteiger partial charge in [-0.05, 0) is 17.2 Å². The molecule has 0 aromatic heterocycles. The lowest BCUT2D eigenvalue weighted by atomic mass is 10.1. The summed E-state index contributed by atoms with van der Waals surface area (Å²) in [6.07, 6.45) is -0.942. The Morgan fingerprint density at radius 1 is 0.875 bits per heavy atom.